The Hall–Kier alpha value is -1.41. The Morgan fingerprint density at radius 2 is 2.14 bits per heavy atom. The lowest BCUT2D eigenvalue weighted by molar-refractivity contribution is 0.0790. The van der Waals surface area contributed by atoms with Crippen LogP contribution in [0.2, 0.25) is 0 Å². The third kappa shape index (κ3) is 5.56. The number of rotatable bonds is 5. The molecule has 1 fully saturated rings. The zero-order chi connectivity index (χ0) is 18.7. The minimum absolute atomic E-state index is 0. The Morgan fingerprint density at radius 3 is 2.71 bits per heavy atom. The minimum atomic E-state index is -0.531. The normalized spacial score (nSPS) is 16.0. The maximum atomic E-state index is 12.8. The second kappa shape index (κ2) is 11.0. The molecule has 3 heterocycles. The first-order valence-electron chi connectivity index (χ1n) is 8.97. The molecule has 0 aliphatic carbocycles. The van der Waals surface area contributed by atoms with Crippen molar-refractivity contribution in [1.82, 2.24) is 15.2 Å². The molecule has 1 amide bonds. The Balaban J connectivity index is 0.00000196. The maximum absolute atomic E-state index is 12.8. The van der Waals surface area contributed by atoms with Gasteiger partial charge < -0.3 is 14.6 Å². The zero-order valence-corrected chi connectivity index (χ0v) is 18.8. The molecule has 1 unspecified atom stereocenters. The van der Waals surface area contributed by atoms with Crippen LogP contribution in [0.1, 0.15) is 51.0 Å². The fourth-order valence-electron chi connectivity index (χ4n) is 3.31. The van der Waals surface area contributed by atoms with E-state index in [9.17, 15) is 9.59 Å². The highest BCUT2D eigenvalue weighted by molar-refractivity contribution is 7.09. The number of piperidine rings is 1. The number of hydrogen-bond donors (Lipinski definition) is 1. The van der Waals surface area contributed by atoms with Gasteiger partial charge in [-0.3, -0.25) is 4.79 Å². The number of halogens is 2. The second-order valence-corrected chi connectivity index (χ2v) is 7.81. The first kappa shape index (κ1) is 24.6. The summed E-state index contributed by atoms with van der Waals surface area (Å²) in [6.07, 6.45) is 2.79. The summed E-state index contributed by atoms with van der Waals surface area (Å²) in [4.78, 5) is 32.2. The number of hydrogen-bond acceptors (Lipinski definition) is 6. The monoisotopic (exact) mass is 447 g/mol. The van der Waals surface area contributed by atoms with Crippen LogP contribution in [0.25, 0.3) is 0 Å². The maximum Gasteiger partial charge on any atom is 0.349 e. The van der Waals surface area contributed by atoms with Crippen LogP contribution in [0.5, 0.6) is 0 Å². The molecule has 9 heteroatoms. The third-order valence-corrected chi connectivity index (χ3v) is 5.94. The van der Waals surface area contributed by atoms with Crippen LogP contribution in [0.3, 0.4) is 0 Å². The van der Waals surface area contributed by atoms with Gasteiger partial charge >= 0.3 is 5.63 Å². The van der Waals surface area contributed by atoms with Gasteiger partial charge in [0.25, 0.3) is 5.91 Å². The molecule has 1 aliphatic heterocycles. The van der Waals surface area contributed by atoms with Crippen LogP contribution < -0.4 is 10.9 Å². The van der Waals surface area contributed by atoms with Crippen molar-refractivity contribution in [3.05, 3.63) is 49.5 Å². The number of nitrogens with one attached hydrogen (secondary N) is 1. The second-order valence-electron chi connectivity index (χ2n) is 6.88. The van der Waals surface area contributed by atoms with Crippen LogP contribution in [-0.4, -0.2) is 42.5 Å². The molecule has 0 saturated carbocycles. The summed E-state index contributed by atoms with van der Waals surface area (Å²) in [5, 5.41) is 3.32. The number of amides is 1. The van der Waals surface area contributed by atoms with E-state index in [-0.39, 0.29) is 42.2 Å². The first-order valence-corrected chi connectivity index (χ1v) is 9.85. The van der Waals surface area contributed by atoms with Crippen molar-refractivity contribution in [3.8, 4) is 0 Å². The predicted molar refractivity (Wildman–Crippen MR) is 117 cm³/mol. The van der Waals surface area contributed by atoms with Gasteiger partial charge in [0.15, 0.2) is 0 Å². The highest BCUT2D eigenvalue weighted by Crippen LogP contribution is 2.24. The van der Waals surface area contributed by atoms with E-state index < -0.39 is 5.63 Å². The Bertz CT molecular complexity index is 847. The fourth-order valence-corrected chi connectivity index (χ4v) is 4.08. The highest BCUT2D eigenvalue weighted by Gasteiger charge is 2.24. The van der Waals surface area contributed by atoms with Gasteiger partial charge in [-0.1, -0.05) is 0 Å². The van der Waals surface area contributed by atoms with Crippen molar-refractivity contribution in [2.75, 3.05) is 26.7 Å². The molecule has 28 heavy (non-hydrogen) atoms. The Kier molecular flexibility index (Phi) is 9.63. The average molecular weight is 448 g/mol. The van der Waals surface area contributed by atoms with Crippen molar-refractivity contribution >= 4 is 42.1 Å². The zero-order valence-electron chi connectivity index (χ0n) is 16.3. The number of aromatic nitrogens is 1. The van der Waals surface area contributed by atoms with E-state index in [0.29, 0.717) is 17.9 Å². The first-order chi connectivity index (χ1) is 12.5. The molecule has 1 atom stereocenters. The van der Waals surface area contributed by atoms with Crippen molar-refractivity contribution in [2.24, 2.45) is 0 Å². The summed E-state index contributed by atoms with van der Waals surface area (Å²) >= 11 is 1.59. The lowest BCUT2D eigenvalue weighted by Crippen LogP contribution is -2.34. The molecule has 1 aliphatic rings. The van der Waals surface area contributed by atoms with E-state index in [0.717, 1.165) is 42.9 Å². The van der Waals surface area contributed by atoms with Gasteiger partial charge in [-0.25, -0.2) is 9.78 Å². The number of likely N-dealkylation sites (N-methyl/N-ethyl adjacent to an activating group) is 1. The van der Waals surface area contributed by atoms with Gasteiger partial charge in [-0.2, -0.15) is 0 Å². The topological polar surface area (TPSA) is 75.4 Å². The largest absolute Gasteiger partial charge is 0.427 e. The predicted octanol–water partition coefficient (Wildman–Crippen LogP) is 3.34. The third-order valence-electron chi connectivity index (χ3n) is 4.95. The highest BCUT2D eigenvalue weighted by atomic mass is 35.5. The lowest BCUT2D eigenvalue weighted by atomic mass is 9.95. The van der Waals surface area contributed by atoms with E-state index >= 15 is 0 Å². The molecule has 0 radical (unpaired) electrons. The van der Waals surface area contributed by atoms with Gasteiger partial charge in [0.2, 0.25) is 0 Å². The number of aryl methyl sites for hydroxylation is 2. The number of thiazole rings is 1. The smallest absolute Gasteiger partial charge is 0.349 e. The SMILES string of the molecule is Cc1cc(C2CCCNC2)oc(=O)c1C(=O)N(C)CCc1scnc1C.Cl.Cl. The quantitative estimate of drug-likeness (QED) is 0.760. The molecule has 0 aromatic carbocycles. The molecule has 2 aromatic heterocycles. The van der Waals surface area contributed by atoms with E-state index in [2.05, 4.69) is 10.3 Å². The molecule has 0 bridgehead atoms. The minimum Gasteiger partial charge on any atom is -0.427 e. The van der Waals surface area contributed by atoms with Crippen molar-refractivity contribution in [3.63, 3.8) is 0 Å². The van der Waals surface area contributed by atoms with Gasteiger partial charge in [-0.05, 0) is 44.9 Å². The summed E-state index contributed by atoms with van der Waals surface area (Å²) in [6.45, 7) is 6.12. The van der Waals surface area contributed by atoms with E-state index in [1.165, 1.54) is 0 Å². The lowest BCUT2D eigenvalue weighted by Gasteiger charge is -2.22. The standard InChI is InChI=1S/C19H25N3O3S.2ClH/c1-12-9-15(14-5-4-7-20-10-14)25-19(24)17(12)18(23)22(3)8-6-16-13(2)21-11-26-16;;/h9,11,14,20H,4-8,10H2,1-3H3;2*1H. The van der Waals surface area contributed by atoms with E-state index in [1.54, 1.807) is 23.3 Å². The van der Waals surface area contributed by atoms with Gasteiger partial charge in [0.05, 0.1) is 11.2 Å². The van der Waals surface area contributed by atoms with Gasteiger partial charge in [0, 0.05) is 37.4 Å². The molecule has 2 aromatic rings. The summed E-state index contributed by atoms with van der Waals surface area (Å²) in [5.74, 6) is 0.595. The molecule has 156 valence electrons. The van der Waals surface area contributed by atoms with Crippen LogP contribution in [0.4, 0.5) is 0 Å². The van der Waals surface area contributed by atoms with Crippen LogP contribution in [0, 0.1) is 13.8 Å². The van der Waals surface area contributed by atoms with Crippen molar-refractivity contribution in [2.45, 2.75) is 39.0 Å². The van der Waals surface area contributed by atoms with Gasteiger partial charge in [-0.15, -0.1) is 36.2 Å². The molecule has 1 N–H and O–H groups in total. The summed E-state index contributed by atoms with van der Waals surface area (Å²) in [5.41, 5.74) is 3.10. The molecular weight excluding hydrogens is 421 g/mol. The number of carbonyl (C=O) groups excluding carboxylic acids is 1. The van der Waals surface area contributed by atoms with Crippen molar-refractivity contribution < 1.29 is 9.21 Å². The van der Waals surface area contributed by atoms with E-state index in [1.807, 2.05) is 25.4 Å². The van der Waals surface area contributed by atoms with Crippen LogP contribution in [0.15, 0.2) is 20.8 Å². The summed E-state index contributed by atoms with van der Waals surface area (Å²) < 4.78 is 5.52. The summed E-state index contributed by atoms with van der Waals surface area (Å²) in [7, 11) is 1.72. The molecule has 6 nitrogen and oxygen atoms in total. The van der Waals surface area contributed by atoms with Crippen LogP contribution >= 0.6 is 36.2 Å². The molecule has 1 saturated heterocycles. The molecular formula is C19H27Cl2N3O3S. The van der Waals surface area contributed by atoms with Gasteiger partial charge in [0.1, 0.15) is 11.3 Å². The molecule has 0 spiro atoms. The van der Waals surface area contributed by atoms with Crippen molar-refractivity contribution in [1.29, 1.82) is 0 Å². The van der Waals surface area contributed by atoms with Crippen LogP contribution in [-0.2, 0) is 6.42 Å². The summed E-state index contributed by atoms with van der Waals surface area (Å²) in [6, 6.07) is 1.85. The Labute approximate surface area is 181 Å². The molecule has 3 rings (SSSR count). The fraction of sp³-hybridized carbons (Fsp3) is 0.526. The number of carbonyl (C=O) groups is 1. The Morgan fingerprint density at radius 1 is 1.39 bits per heavy atom. The van der Waals surface area contributed by atoms with E-state index in [4.69, 9.17) is 4.42 Å². The number of nitrogens with zero attached hydrogens (tertiary/aromatic N) is 2. The average Bonchev–Trinajstić information content (AvgIpc) is 3.04.